The number of halogens is 2. The maximum atomic E-state index is 13.7. The van der Waals surface area contributed by atoms with E-state index in [2.05, 4.69) is 21.3 Å². The highest BCUT2D eigenvalue weighted by atomic mass is 35.5. The number of methoxy groups -OCH3 is 1. The standard InChI is InChI=1S/C22H22ClFN4OS/c1-29-13-5-12-28-21(20(26-22(28)30)18-6-2-3-10-25-18)19-7-4-11-27(19)15-8-9-17(24)16(23)14-15/h2-4,6-11,14,20-21H,5,12-13H2,1H3,(H,26,30)/t20-,21-/m1/s1. The summed E-state index contributed by atoms with van der Waals surface area (Å²) >= 11 is 11.7. The molecule has 1 fully saturated rings. The van der Waals surface area contributed by atoms with Crippen molar-refractivity contribution in [2.24, 2.45) is 0 Å². The third-order valence-electron chi connectivity index (χ3n) is 5.21. The van der Waals surface area contributed by atoms with Gasteiger partial charge in [0.25, 0.3) is 0 Å². The normalized spacial score (nSPS) is 18.6. The molecule has 1 aliphatic heterocycles. The molecule has 1 aliphatic rings. The summed E-state index contributed by atoms with van der Waals surface area (Å²) in [4.78, 5) is 6.73. The number of pyridine rings is 1. The SMILES string of the molecule is COCCCN1C(=S)N[C@H](c2ccccn2)[C@H]1c1cccn1-c1ccc(F)c(Cl)c1. The molecule has 2 aromatic heterocycles. The predicted octanol–water partition coefficient (Wildman–Crippen LogP) is 4.67. The number of thiocarbonyl (C=S) groups is 1. The fourth-order valence-electron chi connectivity index (χ4n) is 3.85. The van der Waals surface area contributed by atoms with Crippen molar-refractivity contribution in [3.8, 4) is 5.69 Å². The number of nitrogens with zero attached hydrogens (tertiary/aromatic N) is 3. The second-order valence-electron chi connectivity index (χ2n) is 7.07. The van der Waals surface area contributed by atoms with Crippen molar-refractivity contribution >= 4 is 28.9 Å². The second kappa shape index (κ2) is 9.12. The van der Waals surface area contributed by atoms with Gasteiger partial charge in [-0.2, -0.15) is 0 Å². The minimum Gasteiger partial charge on any atom is -0.385 e. The monoisotopic (exact) mass is 444 g/mol. The summed E-state index contributed by atoms with van der Waals surface area (Å²) < 4.78 is 21.0. The van der Waals surface area contributed by atoms with E-state index in [9.17, 15) is 4.39 Å². The zero-order chi connectivity index (χ0) is 21.1. The van der Waals surface area contributed by atoms with Gasteiger partial charge in [-0.25, -0.2) is 4.39 Å². The van der Waals surface area contributed by atoms with Crippen molar-refractivity contribution in [3.63, 3.8) is 0 Å². The Labute approximate surface area is 185 Å². The number of hydrogen-bond donors (Lipinski definition) is 1. The summed E-state index contributed by atoms with van der Waals surface area (Å²) in [5, 5.41) is 4.21. The van der Waals surface area contributed by atoms with Gasteiger partial charge in [0.15, 0.2) is 5.11 Å². The van der Waals surface area contributed by atoms with Crippen molar-refractivity contribution < 1.29 is 9.13 Å². The number of hydrogen-bond acceptors (Lipinski definition) is 3. The molecule has 30 heavy (non-hydrogen) atoms. The summed E-state index contributed by atoms with van der Waals surface area (Å²) in [5.41, 5.74) is 2.71. The van der Waals surface area contributed by atoms with Gasteiger partial charge >= 0.3 is 0 Å². The summed E-state index contributed by atoms with van der Waals surface area (Å²) in [7, 11) is 1.69. The Balaban J connectivity index is 1.76. The fraction of sp³-hybridized carbons (Fsp3) is 0.273. The van der Waals surface area contributed by atoms with E-state index >= 15 is 0 Å². The van der Waals surface area contributed by atoms with Gasteiger partial charge in [-0.05, 0) is 61.1 Å². The molecule has 1 N–H and O–H groups in total. The quantitative estimate of drug-likeness (QED) is 0.423. The van der Waals surface area contributed by atoms with E-state index in [4.69, 9.17) is 28.6 Å². The summed E-state index contributed by atoms with van der Waals surface area (Å²) in [5.74, 6) is -0.439. The summed E-state index contributed by atoms with van der Waals surface area (Å²) in [6.45, 7) is 1.39. The van der Waals surface area contributed by atoms with E-state index in [-0.39, 0.29) is 17.1 Å². The van der Waals surface area contributed by atoms with Crippen molar-refractivity contribution in [3.05, 3.63) is 83.2 Å². The Morgan fingerprint density at radius 2 is 2.10 bits per heavy atom. The van der Waals surface area contributed by atoms with E-state index in [1.165, 1.54) is 6.07 Å². The van der Waals surface area contributed by atoms with Crippen LogP contribution in [0.4, 0.5) is 4.39 Å². The van der Waals surface area contributed by atoms with Crippen LogP contribution >= 0.6 is 23.8 Å². The summed E-state index contributed by atoms with van der Waals surface area (Å²) in [6, 6.07) is 14.4. The van der Waals surface area contributed by atoms with E-state index < -0.39 is 5.82 Å². The Bertz CT molecular complexity index is 1030. The first-order valence-electron chi connectivity index (χ1n) is 9.70. The van der Waals surface area contributed by atoms with Gasteiger partial charge in [0.05, 0.1) is 22.8 Å². The first-order chi connectivity index (χ1) is 14.6. The Hall–Kier alpha value is -2.48. The molecule has 4 rings (SSSR count). The van der Waals surface area contributed by atoms with Crippen LogP contribution in [0.5, 0.6) is 0 Å². The Morgan fingerprint density at radius 3 is 2.83 bits per heavy atom. The Kier molecular flexibility index (Phi) is 6.32. The largest absolute Gasteiger partial charge is 0.385 e. The molecule has 8 heteroatoms. The Morgan fingerprint density at radius 1 is 1.23 bits per heavy atom. The van der Waals surface area contributed by atoms with E-state index in [0.29, 0.717) is 11.7 Å². The van der Waals surface area contributed by atoms with Gasteiger partial charge in [0.1, 0.15) is 5.82 Å². The van der Waals surface area contributed by atoms with E-state index in [0.717, 1.165) is 30.0 Å². The number of nitrogens with one attached hydrogen (secondary N) is 1. The molecule has 3 heterocycles. The molecule has 2 atom stereocenters. The highest BCUT2D eigenvalue weighted by molar-refractivity contribution is 7.80. The highest BCUT2D eigenvalue weighted by Crippen LogP contribution is 2.39. The average molecular weight is 445 g/mol. The predicted molar refractivity (Wildman–Crippen MR) is 119 cm³/mol. The molecule has 0 saturated carbocycles. The van der Waals surface area contributed by atoms with Gasteiger partial charge in [-0.1, -0.05) is 17.7 Å². The maximum absolute atomic E-state index is 13.7. The molecule has 0 amide bonds. The molecule has 0 spiro atoms. The molecule has 3 aromatic rings. The van der Waals surface area contributed by atoms with Crippen molar-refractivity contribution in [2.75, 3.05) is 20.3 Å². The van der Waals surface area contributed by atoms with Crippen LogP contribution in [0.3, 0.4) is 0 Å². The second-order valence-corrected chi connectivity index (χ2v) is 7.86. The van der Waals surface area contributed by atoms with Crippen LogP contribution in [0.2, 0.25) is 5.02 Å². The van der Waals surface area contributed by atoms with Crippen LogP contribution in [0, 0.1) is 5.82 Å². The molecular formula is C22H22ClFN4OS. The van der Waals surface area contributed by atoms with E-state index in [1.54, 1.807) is 25.4 Å². The number of benzene rings is 1. The number of aromatic nitrogens is 2. The molecule has 1 aromatic carbocycles. The van der Waals surface area contributed by atoms with E-state index in [1.807, 2.05) is 35.0 Å². The van der Waals surface area contributed by atoms with Crippen LogP contribution in [0.1, 0.15) is 29.9 Å². The lowest BCUT2D eigenvalue weighted by Gasteiger charge is -2.29. The molecule has 5 nitrogen and oxygen atoms in total. The van der Waals surface area contributed by atoms with Gasteiger partial charge in [0, 0.05) is 44.0 Å². The van der Waals surface area contributed by atoms with Gasteiger partial charge < -0.3 is 19.5 Å². The van der Waals surface area contributed by atoms with Crippen molar-refractivity contribution in [1.82, 2.24) is 19.8 Å². The van der Waals surface area contributed by atoms with Crippen LogP contribution in [0.15, 0.2) is 60.9 Å². The first kappa shape index (κ1) is 20.8. The van der Waals surface area contributed by atoms with Crippen LogP contribution < -0.4 is 5.32 Å². The maximum Gasteiger partial charge on any atom is 0.170 e. The molecule has 0 bridgehead atoms. The molecule has 156 valence electrons. The molecule has 0 unspecified atom stereocenters. The first-order valence-corrected chi connectivity index (χ1v) is 10.5. The fourth-order valence-corrected chi connectivity index (χ4v) is 4.36. The third-order valence-corrected chi connectivity index (χ3v) is 5.85. The summed E-state index contributed by atoms with van der Waals surface area (Å²) in [6.07, 6.45) is 4.57. The smallest absolute Gasteiger partial charge is 0.170 e. The van der Waals surface area contributed by atoms with Gasteiger partial charge in [-0.15, -0.1) is 0 Å². The van der Waals surface area contributed by atoms with Crippen molar-refractivity contribution in [2.45, 2.75) is 18.5 Å². The van der Waals surface area contributed by atoms with Crippen molar-refractivity contribution in [1.29, 1.82) is 0 Å². The minimum atomic E-state index is -0.439. The lowest BCUT2D eigenvalue weighted by Crippen LogP contribution is -2.32. The van der Waals surface area contributed by atoms with Crippen LogP contribution in [-0.4, -0.2) is 39.8 Å². The number of rotatable bonds is 7. The zero-order valence-corrected chi connectivity index (χ0v) is 18.0. The van der Waals surface area contributed by atoms with Gasteiger partial charge in [-0.3, -0.25) is 4.98 Å². The van der Waals surface area contributed by atoms with Crippen LogP contribution in [-0.2, 0) is 4.74 Å². The average Bonchev–Trinajstić information content (AvgIpc) is 3.35. The molecule has 0 radical (unpaired) electrons. The number of ether oxygens (including phenoxy) is 1. The van der Waals surface area contributed by atoms with Gasteiger partial charge in [0.2, 0.25) is 0 Å². The molecule has 1 saturated heterocycles. The van der Waals surface area contributed by atoms with Crippen LogP contribution in [0.25, 0.3) is 5.69 Å². The zero-order valence-electron chi connectivity index (χ0n) is 16.5. The topological polar surface area (TPSA) is 42.3 Å². The third kappa shape index (κ3) is 4.05. The molecule has 0 aliphatic carbocycles. The molecular weight excluding hydrogens is 423 g/mol. The minimum absolute atomic E-state index is 0.0884. The lowest BCUT2D eigenvalue weighted by atomic mass is 10.0. The highest BCUT2D eigenvalue weighted by Gasteiger charge is 2.40. The lowest BCUT2D eigenvalue weighted by molar-refractivity contribution is 0.180.